The molecule has 0 amide bonds. The van der Waals surface area contributed by atoms with Gasteiger partial charge in [0.25, 0.3) is 0 Å². The summed E-state index contributed by atoms with van der Waals surface area (Å²) < 4.78 is 5.47. The van der Waals surface area contributed by atoms with Crippen LogP contribution in [0.2, 0.25) is 0 Å². The minimum absolute atomic E-state index is 0.285. The maximum Gasteiger partial charge on any atom is 0.119 e. The average Bonchev–Trinajstić information content (AvgIpc) is 2.28. The number of hydrogen-bond donors (Lipinski definition) is 1. The van der Waals surface area contributed by atoms with E-state index in [0.717, 1.165) is 18.6 Å². The third kappa shape index (κ3) is 5.23. The zero-order valence-electron chi connectivity index (χ0n) is 8.93. The third-order valence-electron chi connectivity index (χ3n) is 2.17. The normalized spacial score (nSPS) is 12.1. The molecule has 15 heavy (non-hydrogen) atoms. The molecule has 2 heteroatoms. The van der Waals surface area contributed by atoms with Crippen molar-refractivity contribution in [1.82, 2.24) is 0 Å². The third-order valence-corrected chi connectivity index (χ3v) is 2.17. The minimum Gasteiger partial charge on any atom is -0.493 e. The minimum atomic E-state index is -0.285. The standard InChI is InChI=1S/C13H18O2/c1-2-3-7-12(14)10-11-15-13-8-5-4-6-9-13/h2,4-6,8-9,12,14H,1,3,7,10-11H2. The molecule has 1 rings (SSSR count). The van der Waals surface area contributed by atoms with Crippen LogP contribution in [-0.4, -0.2) is 17.8 Å². The van der Waals surface area contributed by atoms with Crippen molar-refractivity contribution in [1.29, 1.82) is 0 Å². The fourth-order valence-corrected chi connectivity index (χ4v) is 1.28. The van der Waals surface area contributed by atoms with E-state index >= 15 is 0 Å². The molecule has 0 aliphatic heterocycles. The van der Waals surface area contributed by atoms with E-state index in [1.807, 2.05) is 36.4 Å². The summed E-state index contributed by atoms with van der Waals surface area (Å²) in [5, 5.41) is 9.53. The Bertz CT molecular complexity index is 269. The van der Waals surface area contributed by atoms with E-state index < -0.39 is 0 Å². The molecule has 1 unspecified atom stereocenters. The van der Waals surface area contributed by atoms with Crippen molar-refractivity contribution in [3.63, 3.8) is 0 Å². The quantitative estimate of drug-likeness (QED) is 0.695. The number of allylic oxidation sites excluding steroid dienone is 1. The van der Waals surface area contributed by atoms with Crippen LogP contribution >= 0.6 is 0 Å². The van der Waals surface area contributed by atoms with Gasteiger partial charge in [-0.2, -0.15) is 0 Å². The van der Waals surface area contributed by atoms with Gasteiger partial charge in [-0.15, -0.1) is 6.58 Å². The fraction of sp³-hybridized carbons (Fsp3) is 0.385. The van der Waals surface area contributed by atoms with Gasteiger partial charge >= 0.3 is 0 Å². The molecule has 0 heterocycles. The molecule has 1 aromatic rings. The molecule has 1 aromatic carbocycles. The van der Waals surface area contributed by atoms with Gasteiger partial charge < -0.3 is 9.84 Å². The van der Waals surface area contributed by atoms with E-state index in [1.165, 1.54) is 0 Å². The van der Waals surface area contributed by atoms with Crippen LogP contribution in [0.1, 0.15) is 19.3 Å². The number of aliphatic hydroxyl groups excluding tert-OH is 1. The molecule has 0 aliphatic carbocycles. The second-order valence-corrected chi connectivity index (χ2v) is 3.47. The van der Waals surface area contributed by atoms with E-state index in [-0.39, 0.29) is 6.10 Å². The van der Waals surface area contributed by atoms with E-state index in [4.69, 9.17) is 4.74 Å². The van der Waals surface area contributed by atoms with Crippen LogP contribution in [0.3, 0.4) is 0 Å². The zero-order valence-corrected chi connectivity index (χ0v) is 8.93. The second kappa shape index (κ2) is 7.07. The van der Waals surface area contributed by atoms with Crippen molar-refractivity contribution in [2.75, 3.05) is 6.61 Å². The molecule has 1 atom stereocenters. The molecule has 0 aliphatic rings. The monoisotopic (exact) mass is 206 g/mol. The number of rotatable bonds is 7. The lowest BCUT2D eigenvalue weighted by molar-refractivity contribution is 0.132. The first-order valence-electron chi connectivity index (χ1n) is 5.29. The SMILES string of the molecule is C=CCCC(O)CCOc1ccccc1. The van der Waals surface area contributed by atoms with Crippen LogP contribution in [0.5, 0.6) is 5.75 Å². The van der Waals surface area contributed by atoms with Gasteiger partial charge in [-0.25, -0.2) is 0 Å². The van der Waals surface area contributed by atoms with E-state index in [2.05, 4.69) is 6.58 Å². The molecule has 82 valence electrons. The first-order valence-corrected chi connectivity index (χ1v) is 5.29. The Morgan fingerprint density at radius 3 is 2.67 bits per heavy atom. The molecule has 0 bridgehead atoms. The smallest absolute Gasteiger partial charge is 0.119 e. The van der Waals surface area contributed by atoms with Crippen LogP contribution in [-0.2, 0) is 0 Å². The Morgan fingerprint density at radius 2 is 2.00 bits per heavy atom. The number of ether oxygens (including phenoxy) is 1. The molecule has 0 spiro atoms. The number of benzene rings is 1. The highest BCUT2D eigenvalue weighted by Crippen LogP contribution is 2.10. The first-order chi connectivity index (χ1) is 7.33. The van der Waals surface area contributed by atoms with Crippen molar-refractivity contribution in [2.24, 2.45) is 0 Å². The Morgan fingerprint density at radius 1 is 1.27 bits per heavy atom. The first kappa shape index (κ1) is 11.8. The Balaban J connectivity index is 2.13. The largest absolute Gasteiger partial charge is 0.493 e. The summed E-state index contributed by atoms with van der Waals surface area (Å²) >= 11 is 0. The van der Waals surface area contributed by atoms with Crippen molar-refractivity contribution in [3.8, 4) is 5.75 Å². The summed E-state index contributed by atoms with van der Waals surface area (Å²) in [6, 6.07) is 9.64. The van der Waals surface area contributed by atoms with E-state index in [9.17, 15) is 5.11 Å². The highest BCUT2D eigenvalue weighted by molar-refractivity contribution is 5.20. The second-order valence-electron chi connectivity index (χ2n) is 3.47. The molecule has 2 nitrogen and oxygen atoms in total. The van der Waals surface area contributed by atoms with Crippen LogP contribution in [0.25, 0.3) is 0 Å². The Hall–Kier alpha value is -1.28. The van der Waals surface area contributed by atoms with Gasteiger partial charge in [0.2, 0.25) is 0 Å². The van der Waals surface area contributed by atoms with Gasteiger partial charge in [0, 0.05) is 6.42 Å². The lowest BCUT2D eigenvalue weighted by Gasteiger charge is -2.10. The van der Waals surface area contributed by atoms with Gasteiger partial charge in [-0.05, 0) is 25.0 Å². The maximum absolute atomic E-state index is 9.53. The lowest BCUT2D eigenvalue weighted by atomic mass is 10.1. The highest BCUT2D eigenvalue weighted by Gasteiger charge is 2.02. The summed E-state index contributed by atoms with van der Waals surface area (Å²) in [5.74, 6) is 0.855. The lowest BCUT2D eigenvalue weighted by Crippen LogP contribution is -2.11. The van der Waals surface area contributed by atoms with Crippen molar-refractivity contribution in [2.45, 2.75) is 25.4 Å². The van der Waals surface area contributed by atoms with Crippen LogP contribution in [0.15, 0.2) is 43.0 Å². The molecule has 1 N–H and O–H groups in total. The average molecular weight is 206 g/mol. The molecular weight excluding hydrogens is 188 g/mol. The van der Waals surface area contributed by atoms with E-state index in [0.29, 0.717) is 13.0 Å². The Kier molecular flexibility index (Phi) is 5.56. The number of aliphatic hydroxyl groups is 1. The molecule has 0 radical (unpaired) electrons. The highest BCUT2D eigenvalue weighted by atomic mass is 16.5. The predicted octanol–water partition coefficient (Wildman–Crippen LogP) is 2.78. The molecule has 0 aromatic heterocycles. The molecule has 0 saturated carbocycles. The summed E-state index contributed by atoms with van der Waals surface area (Å²) in [6.45, 7) is 4.18. The molecular formula is C13H18O2. The van der Waals surface area contributed by atoms with E-state index in [1.54, 1.807) is 0 Å². The van der Waals surface area contributed by atoms with Crippen LogP contribution in [0, 0.1) is 0 Å². The van der Waals surface area contributed by atoms with Gasteiger partial charge in [0.05, 0.1) is 12.7 Å². The van der Waals surface area contributed by atoms with Gasteiger partial charge in [-0.1, -0.05) is 24.3 Å². The molecule has 0 fully saturated rings. The van der Waals surface area contributed by atoms with Crippen molar-refractivity contribution < 1.29 is 9.84 Å². The summed E-state index contributed by atoms with van der Waals surface area (Å²) in [4.78, 5) is 0. The van der Waals surface area contributed by atoms with Gasteiger partial charge in [0.1, 0.15) is 5.75 Å². The molecule has 0 saturated heterocycles. The summed E-state index contributed by atoms with van der Waals surface area (Å²) in [6.07, 6.45) is 3.82. The van der Waals surface area contributed by atoms with Crippen molar-refractivity contribution in [3.05, 3.63) is 43.0 Å². The van der Waals surface area contributed by atoms with Crippen LogP contribution in [0.4, 0.5) is 0 Å². The Labute approximate surface area is 91.2 Å². The maximum atomic E-state index is 9.53. The topological polar surface area (TPSA) is 29.5 Å². The van der Waals surface area contributed by atoms with Crippen LogP contribution < -0.4 is 4.74 Å². The fourth-order valence-electron chi connectivity index (χ4n) is 1.28. The summed E-state index contributed by atoms with van der Waals surface area (Å²) in [5.41, 5.74) is 0. The number of hydrogen-bond acceptors (Lipinski definition) is 2. The number of para-hydroxylation sites is 1. The van der Waals surface area contributed by atoms with Crippen molar-refractivity contribution >= 4 is 0 Å². The predicted molar refractivity (Wildman–Crippen MR) is 62.0 cm³/mol. The summed E-state index contributed by atoms with van der Waals surface area (Å²) in [7, 11) is 0. The van der Waals surface area contributed by atoms with Gasteiger partial charge in [0.15, 0.2) is 0 Å². The van der Waals surface area contributed by atoms with Gasteiger partial charge in [-0.3, -0.25) is 0 Å². The zero-order chi connectivity index (χ0) is 10.9.